The smallest absolute Gasteiger partial charge is 0.278 e. The van der Waals surface area contributed by atoms with Crippen LogP contribution in [0.3, 0.4) is 0 Å². The molecule has 1 N–H and O–H groups in total. The summed E-state index contributed by atoms with van der Waals surface area (Å²) < 4.78 is 0. The van der Waals surface area contributed by atoms with E-state index in [1.54, 1.807) is 20.0 Å². The van der Waals surface area contributed by atoms with Crippen LogP contribution in [0.25, 0.3) is 0 Å². The second kappa shape index (κ2) is 5.65. The van der Waals surface area contributed by atoms with Gasteiger partial charge in [0, 0.05) is 23.9 Å². The molecule has 1 saturated carbocycles. The van der Waals surface area contributed by atoms with Crippen LogP contribution in [-0.4, -0.2) is 16.5 Å². The first-order valence-electron chi connectivity index (χ1n) is 6.81. The molecular formula is C14H21N3O2. The zero-order valence-electron chi connectivity index (χ0n) is 11.8. The van der Waals surface area contributed by atoms with Crippen LogP contribution in [0.1, 0.15) is 36.6 Å². The van der Waals surface area contributed by atoms with E-state index >= 15 is 0 Å². The molecule has 0 saturated heterocycles. The summed E-state index contributed by atoms with van der Waals surface area (Å²) in [5.74, 6) is 1.55. The summed E-state index contributed by atoms with van der Waals surface area (Å²) in [7, 11) is 0. The Morgan fingerprint density at radius 3 is 2.79 bits per heavy atom. The number of nitrogens with zero attached hydrogens (tertiary/aromatic N) is 2. The molecule has 5 heteroatoms. The van der Waals surface area contributed by atoms with Crippen molar-refractivity contribution in [2.75, 3.05) is 6.54 Å². The minimum Gasteiger partial charge on any atom is -0.311 e. The Bertz CT molecular complexity index is 484. The maximum Gasteiger partial charge on any atom is 0.278 e. The van der Waals surface area contributed by atoms with Gasteiger partial charge in [-0.1, -0.05) is 6.92 Å². The minimum absolute atomic E-state index is 0.196. The molecule has 0 spiro atoms. The highest BCUT2D eigenvalue weighted by Gasteiger charge is 2.27. The first-order chi connectivity index (χ1) is 9.00. The van der Waals surface area contributed by atoms with Crippen molar-refractivity contribution in [1.82, 2.24) is 10.3 Å². The van der Waals surface area contributed by atoms with Crippen molar-refractivity contribution < 1.29 is 4.92 Å². The van der Waals surface area contributed by atoms with Crippen LogP contribution in [0.2, 0.25) is 0 Å². The summed E-state index contributed by atoms with van der Waals surface area (Å²) in [6.07, 6.45) is 4.28. The number of aromatic nitrogens is 1. The van der Waals surface area contributed by atoms with Crippen LogP contribution in [-0.2, 0) is 6.54 Å². The van der Waals surface area contributed by atoms with Gasteiger partial charge in [0.15, 0.2) is 0 Å². The first-order valence-corrected chi connectivity index (χ1v) is 6.81. The Morgan fingerprint density at radius 1 is 1.53 bits per heavy atom. The lowest BCUT2D eigenvalue weighted by atomic mass is 10.1. The maximum atomic E-state index is 11.0. The molecule has 1 aromatic rings. The molecule has 1 aliphatic rings. The van der Waals surface area contributed by atoms with Crippen molar-refractivity contribution in [2.24, 2.45) is 11.8 Å². The Labute approximate surface area is 113 Å². The van der Waals surface area contributed by atoms with E-state index in [9.17, 15) is 10.1 Å². The van der Waals surface area contributed by atoms with Gasteiger partial charge in [0.1, 0.15) is 0 Å². The summed E-state index contributed by atoms with van der Waals surface area (Å²) in [6.45, 7) is 7.31. The molecular weight excluding hydrogens is 242 g/mol. The molecule has 5 nitrogen and oxygen atoms in total. The molecule has 0 aliphatic heterocycles. The normalized spacial score (nSPS) is 16.4. The molecule has 1 fully saturated rings. The van der Waals surface area contributed by atoms with Crippen molar-refractivity contribution in [3.8, 4) is 0 Å². The molecule has 1 aromatic heterocycles. The highest BCUT2D eigenvalue weighted by Crippen LogP contribution is 2.36. The van der Waals surface area contributed by atoms with E-state index in [1.807, 2.05) is 0 Å². The Hall–Kier alpha value is -1.49. The maximum absolute atomic E-state index is 11.0. The van der Waals surface area contributed by atoms with E-state index in [4.69, 9.17) is 0 Å². The van der Waals surface area contributed by atoms with E-state index in [0.717, 1.165) is 18.2 Å². The second-order valence-electron chi connectivity index (χ2n) is 5.56. The van der Waals surface area contributed by atoms with Gasteiger partial charge in [0.2, 0.25) is 0 Å². The van der Waals surface area contributed by atoms with Gasteiger partial charge in [-0.05, 0) is 45.1 Å². The lowest BCUT2D eigenvalue weighted by Gasteiger charge is -2.12. The van der Waals surface area contributed by atoms with Gasteiger partial charge < -0.3 is 5.32 Å². The fraction of sp³-hybridized carbons (Fsp3) is 0.643. The Kier molecular flexibility index (Phi) is 4.14. The van der Waals surface area contributed by atoms with Crippen LogP contribution >= 0.6 is 0 Å². The summed E-state index contributed by atoms with van der Waals surface area (Å²) in [6, 6.07) is 0. The largest absolute Gasteiger partial charge is 0.311 e. The number of nitrogens with one attached hydrogen (secondary N) is 1. The standard InChI is InChI=1S/C14H21N3O2/c1-9(12-4-5-12)6-15-8-13-11(3)14(17(18)19)10(2)7-16-13/h7,9,12,15H,4-6,8H2,1-3H3. The molecule has 1 heterocycles. The van der Waals surface area contributed by atoms with Gasteiger partial charge in [0.25, 0.3) is 5.69 Å². The van der Waals surface area contributed by atoms with E-state index in [-0.39, 0.29) is 10.6 Å². The quantitative estimate of drug-likeness (QED) is 0.633. The van der Waals surface area contributed by atoms with Crippen LogP contribution in [0.5, 0.6) is 0 Å². The summed E-state index contributed by atoms with van der Waals surface area (Å²) in [5, 5.41) is 14.4. The first kappa shape index (κ1) is 13.9. The third-order valence-corrected chi connectivity index (χ3v) is 3.94. The van der Waals surface area contributed by atoms with E-state index in [0.29, 0.717) is 23.6 Å². The number of nitro groups is 1. The zero-order chi connectivity index (χ0) is 14.0. The monoisotopic (exact) mass is 263 g/mol. The molecule has 0 aromatic carbocycles. The average Bonchev–Trinajstić information content (AvgIpc) is 3.15. The SMILES string of the molecule is Cc1cnc(CNCC(C)C2CC2)c(C)c1[N+](=O)[O-]. The van der Waals surface area contributed by atoms with Crippen molar-refractivity contribution in [1.29, 1.82) is 0 Å². The van der Waals surface area contributed by atoms with Crippen molar-refractivity contribution in [3.63, 3.8) is 0 Å². The molecule has 1 unspecified atom stereocenters. The van der Waals surface area contributed by atoms with Gasteiger partial charge in [0.05, 0.1) is 10.6 Å². The third-order valence-electron chi connectivity index (χ3n) is 3.94. The molecule has 104 valence electrons. The molecule has 1 aliphatic carbocycles. The van der Waals surface area contributed by atoms with Gasteiger partial charge in [-0.15, -0.1) is 0 Å². The topological polar surface area (TPSA) is 68.1 Å². The van der Waals surface area contributed by atoms with E-state index in [2.05, 4.69) is 17.2 Å². The summed E-state index contributed by atoms with van der Waals surface area (Å²) in [5.41, 5.74) is 2.27. The predicted octanol–water partition coefficient (Wildman–Crippen LogP) is 2.74. The number of pyridine rings is 1. The van der Waals surface area contributed by atoms with Gasteiger partial charge >= 0.3 is 0 Å². The fourth-order valence-corrected chi connectivity index (χ4v) is 2.47. The molecule has 0 amide bonds. The fourth-order valence-electron chi connectivity index (χ4n) is 2.47. The lowest BCUT2D eigenvalue weighted by molar-refractivity contribution is -0.386. The van der Waals surface area contributed by atoms with Crippen molar-refractivity contribution in [2.45, 2.75) is 40.2 Å². The molecule has 0 radical (unpaired) electrons. The number of hydrogen-bond acceptors (Lipinski definition) is 4. The lowest BCUT2D eigenvalue weighted by Crippen LogP contribution is -2.23. The number of rotatable bonds is 6. The highest BCUT2D eigenvalue weighted by atomic mass is 16.6. The van der Waals surface area contributed by atoms with Crippen LogP contribution in [0.15, 0.2) is 6.20 Å². The summed E-state index contributed by atoms with van der Waals surface area (Å²) in [4.78, 5) is 15.0. The van der Waals surface area contributed by atoms with Gasteiger partial charge in [-0.2, -0.15) is 0 Å². The van der Waals surface area contributed by atoms with Crippen molar-refractivity contribution in [3.05, 3.63) is 33.1 Å². The van der Waals surface area contributed by atoms with Gasteiger partial charge in [-0.3, -0.25) is 15.1 Å². The third kappa shape index (κ3) is 3.29. The molecule has 2 rings (SSSR count). The number of hydrogen-bond donors (Lipinski definition) is 1. The molecule has 19 heavy (non-hydrogen) atoms. The van der Waals surface area contributed by atoms with E-state index < -0.39 is 0 Å². The van der Waals surface area contributed by atoms with E-state index in [1.165, 1.54) is 12.8 Å². The number of aryl methyl sites for hydroxylation is 1. The Balaban J connectivity index is 1.99. The Morgan fingerprint density at radius 2 is 2.21 bits per heavy atom. The van der Waals surface area contributed by atoms with Crippen molar-refractivity contribution >= 4 is 5.69 Å². The second-order valence-corrected chi connectivity index (χ2v) is 5.56. The zero-order valence-corrected chi connectivity index (χ0v) is 11.8. The van der Waals surface area contributed by atoms with Crippen LogP contribution < -0.4 is 5.32 Å². The van der Waals surface area contributed by atoms with Crippen LogP contribution in [0.4, 0.5) is 5.69 Å². The summed E-state index contributed by atoms with van der Waals surface area (Å²) >= 11 is 0. The highest BCUT2D eigenvalue weighted by molar-refractivity contribution is 5.47. The average molecular weight is 263 g/mol. The molecule has 1 atom stereocenters. The molecule has 0 bridgehead atoms. The predicted molar refractivity (Wildman–Crippen MR) is 74.0 cm³/mol. The van der Waals surface area contributed by atoms with Crippen LogP contribution in [0, 0.1) is 35.8 Å². The minimum atomic E-state index is -0.317. The van der Waals surface area contributed by atoms with Gasteiger partial charge in [-0.25, -0.2) is 0 Å².